The van der Waals surface area contributed by atoms with Gasteiger partial charge in [-0.3, -0.25) is 4.79 Å². The second-order valence-electron chi connectivity index (χ2n) is 5.82. The van der Waals surface area contributed by atoms with Crippen molar-refractivity contribution in [3.8, 4) is 5.69 Å². The Balaban J connectivity index is 1.86. The Hall–Kier alpha value is -3.00. The van der Waals surface area contributed by atoms with Gasteiger partial charge >= 0.3 is 6.18 Å². The molecule has 2 aromatic carbocycles. The van der Waals surface area contributed by atoms with Crippen LogP contribution in [0.25, 0.3) is 5.69 Å². The number of aryl methyl sites for hydroxylation is 1. The highest BCUT2D eigenvalue weighted by Gasteiger charge is 2.34. The summed E-state index contributed by atoms with van der Waals surface area (Å²) >= 11 is 5.80. The monoisotopic (exact) mass is 394 g/mol. The number of halogens is 4. The van der Waals surface area contributed by atoms with Gasteiger partial charge in [0.15, 0.2) is 5.69 Å². The average molecular weight is 395 g/mol. The molecule has 0 bridgehead atoms. The van der Waals surface area contributed by atoms with Crippen LogP contribution in [0.15, 0.2) is 48.5 Å². The first-order chi connectivity index (χ1) is 12.6. The maximum Gasteiger partial charge on any atom is 0.435 e. The van der Waals surface area contributed by atoms with Gasteiger partial charge in [0.1, 0.15) is 0 Å². The summed E-state index contributed by atoms with van der Waals surface area (Å²) in [5.41, 5.74) is 6.39. The van der Waals surface area contributed by atoms with Crippen molar-refractivity contribution in [2.75, 3.05) is 11.1 Å². The van der Waals surface area contributed by atoms with E-state index in [0.29, 0.717) is 10.7 Å². The van der Waals surface area contributed by atoms with Gasteiger partial charge in [0, 0.05) is 22.0 Å². The van der Waals surface area contributed by atoms with Crippen molar-refractivity contribution in [1.82, 2.24) is 9.78 Å². The number of rotatable bonds is 3. The lowest BCUT2D eigenvalue weighted by Crippen LogP contribution is -2.13. The van der Waals surface area contributed by atoms with E-state index >= 15 is 0 Å². The standard InChI is InChI=1S/C18H14ClF3N4O/c1-10-8-16(18(20,21)22)25-26(10)15-7-2-11(9-14(15)23)17(27)24-13-5-3-12(19)4-6-13/h2-9H,23H2,1H3,(H,24,27). The molecule has 3 rings (SSSR count). The average Bonchev–Trinajstić information content (AvgIpc) is 2.99. The second kappa shape index (κ2) is 6.96. The topological polar surface area (TPSA) is 72.9 Å². The predicted molar refractivity (Wildman–Crippen MR) is 97.1 cm³/mol. The lowest BCUT2D eigenvalue weighted by Gasteiger charge is -2.11. The molecule has 27 heavy (non-hydrogen) atoms. The minimum Gasteiger partial charge on any atom is -0.397 e. The summed E-state index contributed by atoms with van der Waals surface area (Å²) in [5.74, 6) is -0.413. The van der Waals surface area contributed by atoms with Crippen LogP contribution in [-0.2, 0) is 6.18 Å². The maximum absolute atomic E-state index is 12.8. The molecule has 0 spiro atoms. The van der Waals surface area contributed by atoms with Crippen molar-refractivity contribution in [1.29, 1.82) is 0 Å². The maximum atomic E-state index is 12.8. The number of nitrogens with one attached hydrogen (secondary N) is 1. The van der Waals surface area contributed by atoms with Gasteiger partial charge in [-0.05, 0) is 55.5 Å². The highest BCUT2D eigenvalue weighted by Crippen LogP contribution is 2.30. The third-order valence-electron chi connectivity index (χ3n) is 3.80. The number of anilines is 2. The van der Waals surface area contributed by atoms with Crippen LogP contribution < -0.4 is 11.1 Å². The van der Waals surface area contributed by atoms with Crippen LogP contribution in [0.3, 0.4) is 0 Å². The molecule has 0 saturated carbocycles. The molecule has 5 nitrogen and oxygen atoms in total. The molecule has 0 aliphatic heterocycles. The second-order valence-corrected chi connectivity index (χ2v) is 6.25. The van der Waals surface area contributed by atoms with E-state index in [4.69, 9.17) is 17.3 Å². The largest absolute Gasteiger partial charge is 0.435 e. The molecular formula is C18H14ClF3N4O. The Bertz CT molecular complexity index is 997. The van der Waals surface area contributed by atoms with Crippen molar-refractivity contribution in [3.05, 3.63) is 70.5 Å². The van der Waals surface area contributed by atoms with Crippen molar-refractivity contribution >= 4 is 28.9 Å². The highest BCUT2D eigenvalue weighted by molar-refractivity contribution is 6.30. The van der Waals surface area contributed by atoms with Crippen molar-refractivity contribution in [2.45, 2.75) is 13.1 Å². The zero-order valence-electron chi connectivity index (χ0n) is 14.0. The molecule has 1 heterocycles. The summed E-state index contributed by atoms with van der Waals surface area (Å²) in [7, 11) is 0. The van der Waals surface area contributed by atoms with Crippen LogP contribution in [0, 0.1) is 6.92 Å². The fourth-order valence-corrected chi connectivity index (χ4v) is 2.61. The molecule has 1 amide bonds. The Morgan fingerprint density at radius 2 is 1.81 bits per heavy atom. The number of aromatic nitrogens is 2. The fraction of sp³-hybridized carbons (Fsp3) is 0.111. The van der Waals surface area contributed by atoms with Crippen LogP contribution in [0.2, 0.25) is 5.02 Å². The summed E-state index contributed by atoms with van der Waals surface area (Å²) in [6.45, 7) is 1.49. The smallest absolute Gasteiger partial charge is 0.397 e. The Morgan fingerprint density at radius 1 is 1.15 bits per heavy atom. The van der Waals surface area contributed by atoms with E-state index in [1.807, 2.05) is 0 Å². The number of benzene rings is 2. The lowest BCUT2D eigenvalue weighted by atomic mass is 10.1. The molecule has 0 radical (unpaired) electrons. The van der Waals surface area contributed by atoms with E-state index in [9.17, 15) is 18.0 Å². The van der Waals surface area contributed by atoms with Crippen LogP contribution in [-0.4, -0.2) is 15.7 Å². The van der Waals surface area contributed by atoms with Gasteiger partial charge in [0.25, 0.3) is 5.91 Å². The molecule has 0 atom stereocenters. The third-order valence-corrected chi connectivity index (χ3v) is 4.05. The molecule has 3 N–H and O–H groups in total. The van der Waals surface area contributed by atoms with E-state index in [1.54, 1.807) is 24.3 Å². The van der Waals surface area contributed by atoms with Crippen LogP contribution in [0.1, 0.15) is 21.7 Å². The van der Waals surface area contributed by atoms with Crippen molar-refractivity contribution in [3.63, 3.8) is 0 Å². The van der Waals surface area contributed by atoms with Gasteiger partial charge in [0.05, 0.1) is 11.4 Å². The third kappa shape index (κ3) is 4.06. The van der Waals surface area contributed by atoms with Gasteiger partial charge < -0.3 is 11.1 Å². The normalized spacial score (nSPS) is 11.4. The SMILES string of the molecule is Cc1cc(C(F)(F)F)nn1-c1ccc(C(=O)Nc2ccc(Cl)cc2)cc1N. The van der Waals surface area contributed by atoms with Crippen molar-refractivity contribution in [2.24, 2.45) is 0 Å². The number of alkyl halides is 3. The first kappa shape index (κ1) is 18.8. The number of carbonyl (C=O) groups excluding carboxylic acids is 1. The molecule has 3 aromatic rings. The Kier molecular flexibility index (Phi) is 4.84. The summed E-state index contributed by atoms with van der Waals surface area (Å²) in [5, 5.41) is 6.78. The summed E-state index contributed by atoms with van der Waals surface area (Å²) in [4.78, 5) is 12.3. The lowest BCUT2D eigenvalue weighted by molar-refractivity contribution is -0.141. The quantitative estimate of drug-likeness (QED) is 0.633. The van der Waals surface area contributed by atoms with Gasteiger partial charge in [-0.1, -0.05) is 11.6 Å². The number of nitrogens with zero attached hydrogens (tertiary/aromatic N) is 2. The van der Waals surface area contributed by atoms with Crippen LogP contribution >= 0.6 is 11.6 Å². The minimum absolute atomic E-state index is 0.124. The molecule has 0 fully saturated rings. The van der Waals surface area contributed by atoms with Crippen LogP contribution in [0.4, 0.5) is 24.5 Å². The van der Waals surface area contributed by atoms with E-state index in [-0.39, 0.29) is 22.6 Å². The molecule has 0 aliphatic rings. The number of nitrogens with two attached hydrogens (primary N) is 1. The summed E-state index contributed by atoms with van der Waals surface area (Å²) in [6, 6.07) is 11.8. The van der Waals surface area contributed by atoms with E-state index < -0.39 is 17.8 Å². The Morgan fingerprint density at radius 3 is 2.37 bits per heavy atom. The molecular weight excluding hydrogens is 381 g/mol. The molecule has 0 saturated heterocycles. The predicted octanol–water partition coefficient (Wildman–Crippen LogP) is 4.69. The van der Waals surface area contributed by atoms with Gasteiger partial charge in [-0.25, -0.2) is 4.68 Å². The van der Waals surface area contributed by atoms with Crippen molar-refractivity contribution < 1.29 is 18.0 Å². The van der Waals surface area contributed by atoms with Crippen LogP contribution in [0.5, 0.6) is 0 Å². The van der Waals surface area contributed by atoms with E-state index in [2.05, 4.69) is 10.4 Å². The zero-order valence-corrected chi connectivity index (χ0v) is 14.8. The molecule has 140 valence electrons. The van der Waals surface area contributed by atoms with E-state index in [1.165, 1.54) is 25.1 Å². The number of amides is 1. The first-order valence-electron chi connectivity index (χ1n) is 7.76. The summed E-state index contributed by atoms with van der Waals surface area (Å²) in [6.07, 6.45) is -4.55. The van der Waals surface area contributed by atoms with Gasteiger partial charge in [0.2, 0.25) is 0 Å². The number of carbonyl (C=O) groups is 1. The highest BCUT2D eigenvalue weighted by atomic mass is 35.5. The molecule has 0 aliphatic carbocycles. The van der Waals surface area contributed by atoms with Gasteiger partial charge in [-0.2, -0.15) is 18.3 Å². The minimum atomic E-state index is -4.55. The molecule has 1 aromatic heterocycles. The number of hydrogen-bond donors (Lipinski definition) is 2. The first-order valence-corrected chi connectivity index (χ1v) is 8.13. The zero-order chi connectivity index (χ0) is 19.8. The van der Waals surface area contributed by atoms with E-state index in [0.717, 1.165) is 10.7 Å². The summed E-state index contributed by atoms with van der Waals surface area (Å²) < 4.78 is 39.6. The fourth-order valence-electron chi connectivity index (χ4n) is 2.48. The Labute approximate surface area is 157 Å². The molecule has 9 heteroatoms. The molecule has 0 unspecified atom stereocenters. The number of hydrogen-bond acceptors (Lipinski definition) is 3. The van der Waals surface area contributed by atoms with Gasteiger partial charge in [-0.15, -0.1) is 0 Å². The number of nitrogen functional groups attached to an aromatic ring is 1.